The second-order valence-electron chi connectivity index (χ2n) is 2.98. The molecule has 0 atom stereocenters. The fourth-order valence-electron chi connectivity index (χ4n) is 0.843. The first-order chi connectivity index (χ1) is 5.91. The predicted octanol–water partition coefficient (Wildman–Crippen LogP) is 2.62. The molecule has 0 aliphatic heterocycles. The molecule has 0 bridgehead atoms. The van der Waals surface area contributed by atoms with Crippen LogP contribution in [0.25, 0.3) is 0 Å². The summed E-state index contributed by atoms with van der Waals surface area (Å²) in [5, 5.41) is 0. The summed E-state index contributed by atoms with van der Waals surface area (Å²) >= 11 is 0. The average Bonchev–Trinajstić information content (AvgIpc) is 2.03. The van der Waals surface area contributed by atoms with E-state index in [0.29, 0.717) is 5.69 Å². The summed E-state index contributed by atoms with van der Waals surface area (Å²) < 4.78 is 36.4. The zero-order valence-corrected chi connectivity index (χ0v) is 7.26. The van der Waals surface area contributed by atoms with Gasteiger partial charge in [-0.1, -0.05) is 13.8 Å². The Kier molecular flexibility index (Phi) is 2.54. The minimum absolute atomic E-state index is 0.0240. The van der Waals surface area contributed by atoms with Gasteiger partial charge in [-0.3, -0.25) is 0 Å². The molecule has 0 fully saturated rings. The third-order valence-corrected chi connectivity index (χ3v) is 1.57. The Morgan fingerprint density at radius 1 is 1.23 bits per heavy atom. The van der Waals surface area contributed by atoms with E-state index in [1.165, 1.54) is 0 Å². The van der Waals surface area contributed by atoms with Crippen molar-refractivity contribution in [3.8, 4) is 0 Å². The minimum Gasteiger partial charge on any atom is -0.241 e. The van der Waals surface area contributed by atoms with E-state index in [2.05, 4.69) is 9.97 Å². The van der Waals surface area contributed by atoms with Crippen molar-refractivity contribution in [3.05, 3.63) is 23.8 Å². The number of aromatic nitrogens is 2. The topological polar surface area (TPSA) is 25.8 Å². The zero-order valence-electron chi connectivity index (χ0n) is 7.26. The van der Waals surface area contributed by atoms with E-state index in [1.54, 1.807) is 13.8 Å². The van der Waals surface area contributed by atoms with Gasteiger partial charge in [0.1, 0.15) is 12.0 Å². The van der Waals surface area contributed by atoms with Crippen molar-refractivity contribution in [1.29, 1.82) is 0 Å². The lowest BCUT2D eigenvalue weighted by Gasteiger charge is -2.08. The van der Waals surface area contributed by atoms with Gasteiger partial charge in [-0.2, -0.15) is 13.2 Å². The Balaban J connectivity index is 3.06. The van der Waals surface area contributed by atoms with Gasteiger partial charge in [-0.25, -0.2) is 9.97 Å². The van der Waals surface area contributed by atoms with Crippen LogP contribution in [0.1, 0.15) is 31.2 Å². The standard InChI is InChI=1S/C8H9F3N2/c1-5(2)6-3-7(8(9,10)11)13-4-12-6/h3-5H,1-2H3. The van der Waals surface area contributed by atoms with Crippen LogP contribution < -0.4 is 0 Å². The number of hydrogen-bond acceptors (Lipinski definition) is 2. The average molecular weight is 190 g/mol. The molecule has 0 aliphatic rings. The summed E-state index contributed by atoms with van der Waals surface area (Å²) in [7, 11) is 0. The van der Waals surface area contributed by atoms with Gasteiger partial charge >= 0.3 is 6.18 Å². The zero-order chi connectivity index (χ0) is 10.1. The Hall–Kier alpha value is -1.13. The van der Waals surface area contributed by atoms with E-state index in [-0.39, 0.29) is 5.92 Å². The fourth-order valence-corrected chi connectivity index (χ4v) is 0.843. The fraction of sp³-hybridized carbons (Fsp3) is 0.500. The van der Waals surface area contributed by atoms with E-state index < -0.39 is 11.9 Å². The van der Waals surface area contributed by atoms with Crippen molar-refractivity contribution >= 4 is 0 Å². The largest absolute Gasteiger partial charge is 0.433 e. The number of alkyl halides is 3. The maximum absolute atomic E-state index is 12.1. The molecule has 0 N–H and O–H groups in total. The molecule has 0 spiro atoms. The molecule has 0 aromatic carbocycles. The lowest BCUT2D eigenvalue weighted by molar-refractivity contribution is -0.141. The van der Waals surface area contributed by atoms with Crippen LogP contribution >= 0.6 is 0 Å². The summed E-state index contributed by atoms with van der Waals surface area (Å²) in [4.78, 5) is 6.90. The Bertz CT molecular complexity index is 294. The van der Waals surface area contributed by atoms with E-state index in [1.807, 2.05) is 0 Å². The Morgan fingerprint density at radius 3 is 2.31 bits per heavy atom. The van der Waals surface area contributed by atoms with Crippen molar-refractivity contribution in [2.24, 2.45) is 0 Å². The molecule has 1 aromatic rings. The molecule has 0 saturated carbocycles. The number of nitrogens with zero attached hydrogens (tertiary/aromatic N) is 2. The first kappa shape index (κ1) is 9.95. The molecule has 2 nitrogen and oxygen atoms in total. The summed E-state index contributed by atoms with van der Waals surface area (Å²) in [6.07, 6.45) is -3.44. The third-order valence-electron chi connectivity index (χ3n) is 1.57. The quantitative estimate of drug-likeness (QED) is 0.680. The molecule has 72 valence electrons. The summed E-state index contributed by atoms with van der Waals surface area (Å²) in [6, 6.07) is 0.977. The summed E-state index contributed by atoms with van der Waals surface area (Å²) in [5.74, 6) is -0.0240. The maximum atomic E-state index is 12.1. The number of rotatable bonds is 1. The molecule has 0 unspecified atom stereocenters. The minimum atomic E-state index is -4.38. The van der Waals surface area contributed by atoms with Crippen molar-refractivity contribution in [2.45, 2.75) is 25.9 Å². The van der Waals surface area contributed by atoms with Crippen LogP contribution in [0.5, 0.6) is 0 Å². The highest BCUT2D eigenvalue weighted by molar-refractivity contribution is 5.13. The molecule has 1 aromatic heterocycles. The first-order valence-electron chi connectivity index (χ1n) is 3.80. The maximum Gasteiger partial charge on any atom is 0.433 e. The van der Waals surface area contributed by atoms with Gasteiger partial charge in [0.25, 0.3) is 0 Å². The van der Waals surface area contributed by atoms with Gasteiger partial charge in [-0.05, 0) is 12.0 Å². The highest BCUT2D eigenvalue weighted by atomic mass is 19.4. The van der Waals surface area contributed by atoms with Crippen LogP contribution in [-0.4, -0.2) is 9.97 Å². The van der Waals surface area contributed by atoms with Crippen molar-refractivity contribution < 1.29 is 13.2 Å². The van der Waals surface area contributed by atoms with Crippen LogP contribution in [0.2, 0.25) is 0 Å². The molecule has 1 rings (SSSR count). The molecular weight excluding hydrogens is 181 g/mol. The van der Waals surface area contributed by atoms with Crippen LogP contribution in [0.15, 0.2) is 12.4 Å². The highest BCUT2D eigenvalue weighted by Gasteiger charge is 2.32. The Labute approximate surface area is 73.8 Å². The van der Waals surface area contributed by atoms with Crippen molar-refractivity contribution in [3.63, 3.8) is 0 Å². The van der Waals surface area contributed by atoms with E-state index >= 15 is 0 Å². The van der Waals surface area contributed by atoms with Gasteiger partial charge in [0.2, 0.25) is 0 Å². The van der Waals surface area contributed by atoms with Crippen molar-refractivity contribution in [1.82, 2.24) is 9.97 Å². The number of halogens is 3. The van der Waals surface area contributed by atoms with Gasteiger partial charge in [0, 0.05) is 5.69 Å². The molecule has 1 heterocycles. The van der Waals surface area contributed by atoms with E-state index in [0.717, 1.165) is 12.4 Å². The van der Waals surface area contributed by atoms with Gasteiger partial charge in [-0.15, -0.1) is 0 Å². The van der Waals surface area contributed by atoms with E-state index in [4.69, 9.17) is 0 Å². The van der Waals surface area contributed by atoms with Crippen LogP contribution in [0.4, 0.5) is 13.2 Å². The second kappa shape index (κ2) is 3.32. The van der Waals surface area contributed by atoms with Gasteiger partial charge in [0.15, 0.2) is 0 Å². The normalized spacial score (nSPS) is 12.2. The molecule has 0 radical (unpaired) electrons. The monoisotopic (exact) mass is 190 g/mol. The predicted molar refractivity (Wildman–Crippen MR) is 41.1 cm³/mol. The summed E-state index contributed by atoms with van der Waals surface area (Å²) in [5.41, 5.74) is -0.478. The van der Waals surface area contributed by atoms with Crippen LogP contribution in [-0.2, 0) is 6.18 Å². The van der Waals surface area contributed by atoms with Gasteiger partial charge < -0.3 is 0 Å². The highest BCUT2D eigenvalue weighted by Crippen LogP contribution is 2.28. The molecular formula is C8H9F3N2. The summed E-state index contributed by atoms with van der Waals surface area (Å²) in [6.45, 7) is 3.56. The van der Waals surface area contributed by atoms with Gasteiger partial charge in [0.05, 0.1) is 0 Å². The van der Waals surface area contributed by atoms with Crippen LogP contribution in [0.3, 0.4) is 0 Å². The SMILES string of the molecule is CC(C)c1cc(C(F)(F)F)ncn1. The molecule has 0 amide bonds. The molecule has 13 heavy (non-hydrogen) atoms. The smallest absolute Gasteiger partial charge is 0.241 e. The molecule has 0 saturated heterocycles. The lowest BCUT2D eigenvalue weighted by atomic mass is 10.1. The molecule has 5 heteroatoms. The van der Waals surface area contributed by atoms with E-state index in [9.17, 15) is 13.2 Å². The second-order valence-corrected chi connectivity index (χ2v) is 2.98. The lowest BCUT2D eigenvalue weighted by Crippen LogP contribution is -2.09. The van der Waals surface area contributed by atoms with Crippen LogP contribution in [0, 0.1) is 0 Å². The first-order valence-corrected chi connectivity index (χ1v) is 3.80. The molecule has 0 aliphatic carbocycles. The third kappa shape index (κ3) is 2.40. The number of hydrogen-bond donors (Lipinski definition) is 0. The van der Waals surface area contributed by atoms with Crippen molar-refractivity contribution in [2.75, 3.05) is 0 Å². The Morgan fingerprint density at radius 2 is 1.85 bits per heavy atom.